The summed E-state index contributed by atoms with van der Waals surface area (Å²) in [5.74, 6) is -0.839. The van der Waals surface area contributed by atoms with E-state index < -0.39 is 5.97 Å². The number of carboxylic acids is 1. The predicted octanol–water partition coefficient (Wildman–Crippen LogP) is 3.17. The van der Waals surface area contributed by atoms with Gasteiger partial charge in [0.15, 0.2) is 4.34 Å². The SMILES string of the molecule is Cc1nc(Sc2cnnc3ccccc23)sc1CC(=O)O. The standard InChI is InChI=1S/C14H11N3O2S2/c1-8-11(6-13(18)19)20-14(16-8)21-12-7-15-17-10-5-3-2-4-9(10)12/h2-5,7H,6H2,1H3,(H,18,19). The lowest BCUT2D eigenvalue weighted by molar-refractivity contribution is -0.136. The molecule has 0 fully saturated rings. The zero-order chi connectivity index (χ0) is 14.8. The van der Waals surface area contributed by atoms with Crippen molar-refractivity contribution in [1.29, 1.82) is 0 Å². The quantitative estimate of drug-likeness (QED) is 0.796. The van der Waals surface area contributed by atoms with Gasteiger partial charge >= 0.3 is 5.97 Å². The molecule has 2 aromatic heterocycles. The Hall–Kier alpha value is -1.99. The number of hydrogen-bond donors (Lipinski definition) is 1. The molecule has 2 heterocycles. The van der Waals surface area contributed by atoms with Crippen LogP contribution in [0.4, 0.5) is 0 Å². The lowest BCUT2D eigenvalue weighted by atomic mass is 10.2. The zero-order valence-electron chi connectivity index (χ0n) is 11.1. The molecule has 106 valence electrons. The number of thiazole rings is 1. The Morgan fingerprint density at radius 1 is 1.38 bits per heavy atom. The number of carboxylic acid groups (broad SMARTS) is 1. The van der Waals surface area contributed by atoms with Crippen molar-refractivity contribution in [2.24, 2.45) is 0 Å². The number of benzene rings is 1. The first kappa shape index (κ1) is 14.0. The van der Waals surface area contributed by atoms with Crippen molar-refractivity contribution >= 4 is 40.0 Å². The van der Waals surface area contributed by atoms with E-state index in [-0.39, 0.29) is 6.42 Å². The maximum absolute atomic E-state index is 10.8. The molecule has 1 aromatic carbocycles. The van der Waals surface area contributed by atoms with Crippen LogP contribution in [0.25, 0.3) is 10.9 Å². The summed E-state index contributed by atoms with van der Waals surface area (Å²) in [6.45, 7) is 1.84. The number of aliphatic carboxylic acids is 1. The Bertz CT molecular complexity index is 812. The van der Waals surface area contributed by atoms with Gasteiger partial charge in [0.2, 0.25) is 0 Å². The number of fused-ring (bicyclic) bond motifs is 1. The van der Waals surface area contributed by atoms with E-state index in [2.05, 4.69) is 15.2 Å². The molecule has 0 saturated heterocycles. The molecular weight excluding hydrogens is 306 g/mol. The van der Waals surface area contributed by atoms with E-state index in [1.54, 1.807) is 6.20 Å². The van der Waals surface area contributed by atoms with E-state index in [1.165, 1.54) is 23.1 Å². The molecule has 7 heteroatoms. The summed E-state index contributed by atoms with van der Waals surface area (Å²) in [6.07, 6.45) is 1.72. The summed E-state index contributed by atoms with van der Waals surface area (Å²) in [5, 5.41) is 18.0. The average Bonchev–Trinajstić information content (AvgIpc) is 2.78. The van der Waals surface area contributed by atoms with Gasteiger partial charge in [-0.3, -0.25) is 4.79 Å². The van der Waals surface area contributed by atoms with Crippen LogP contribution in [0.3, 0.4) is 0 Å². The number of carbonyl (C=O) groups is 1. The minimum Gasteiger partial charge on any atom is -0.481 e. The van der Waals surface area contributed by atoms with Crippen LogP contribution in [0.2, 0.25) is 0 Å². The van der Waals surface area contributed by atoms with Gasteiger partial charge in [0.25, 0.3) is 0 Å². The highest BCUT2D eigenvalue weighted by Crippen LogP contribution is 2.35. The summed E-state index contributed by atoms with van der Waals surface area (Å²) in [5.41, 5.74) is 1.61. The first-order valence-electron chi connectivity index (χ1n) is 6.20. The molecule has 0 spiro atoms. The van der Waals surface area contributed by atoms with Gasteiger partial charge < -0.3 is 5.11 Å². The van der Waals surface area contributed by atoms with Crippen LogP contribution in [0.1, 0.15) is 10.6 Å². The lowest BCUT2D eigenvalue weighted by Gasteiger charge is -2.01. The Morgan fingerprint density at radius 2 is 2.19 bits per heavy atom. The third kappa shape index (κ3) is 3.03. The number of aromatic nitrogens is 3. The van der Waals surface area contributed by atoms with Crippen molar-refractivity contribution in [3.8, 4) is 0 Å². The van der Waals surface area contributed by atoms with Crippen LogP contribution < -0.4 is 0 Å². The smallest absolute Gasteiger partial charge is 0.308 e. The fourth-order valence-corrected chi connectivity index (χ4v) is 4.18. The maximum Gasteiger partial charge on any atom is 0.308 e. The number of rotatable bonds is 4. The molecule has 0 saturated carbocycles. The van der Waals surface area contributed by atoms with Gasteiger partial charge in [-0.05, 0) is 13.0 Å². The van der Waals surface area contributed by atoms with Crippen molar-refractivity contribution in [2.45, 2.75) is 22.6 Å². The minimum absolute atomic E-state index is 0.0133. The molecule has 0 bridgehead atoms. The Labute approximate surface area is 129 Å². The molecule has 0 aliphatic heterocycles. The topological polar surface area (TPSA) is 76.0 Å². The molecule has 21 heavy (non-hydrogen) atoms. The maximum atomic E-state index is 10.8. The molecule has 3 aromatic rings. The highest BCUT2D eigenvalue weighted by Gasteiger charge is 2.13. The van der Waals surface area contributed by atoms with Gasteiger partial charge in [-0.1, -0.05) is 30.0 Å². The second kappa shape index (κ2) is 5.79. The fourth-order valence-electron chi connectivity index (χ4n) is 1.90. The molecule has 0 unspecified atom stereocenters. The average molecular weight is 317 g/mol. The minimum atomic E-state index is -0.839. The lowest BCUT2D eigenvalue weighted by Crippen LogP contribution is -1.99. The van der Waals surface area contributed by atoms with Gasteiger partial charge in [-0.15, -0.1) is 11.3 Å². The molecular formula is C14H11N3O2S2. The van der Waals surface area contributed by atoms with Gasteiger partial charge in [0.1, 0.15) is 0 Å². The zero-order valence-corrected chi connectivity index (χ0v) is 12.7. The van der Waals surface area contributed by atoms with Crippen LogP contribution in [-0.4, -0.2) is 26.3 Å². The van der Waals surface area contributed by atoms with Gasteiger partial charge in [-0.25, -0.2) is 4.98 Å². The van der Waals surface area contributed by atoms with E-state index in [9.17, 15) is 4.79 Å². The van der Waals surface area contributed by atoms with E-state index in [4.69, 9.17) is 5.11 Å². The third-order valence-corrected chi connectivity index (χ3v) is 5.16. The fraction of sp³-hybridized carbons (Fsp3) is 0.143. The van der Waals surface area contributed by atoms with E-state index >= 15 is 0 Å². The highest BCUT2D eigenvalue weighted by molar-refractivity contribution is 8.01. The molecule has 0 atom stereocenters. The molecule has 0 radical (unpaired) electrons. The Morgan fingerprint density at radius 3 is 3.00 bits per heavy atom. The summed E-state index contributed by atoms with van der Waals surface area (Å²) in [6, 6.07) is 7.78. The second-order valence-electron chi connectivity index (χ2n) is 4.39. The molecule has 0 aliphatic rings. The van der Waals surface area contributed by atoms with Crippen molar-refractivity contribution < 1.29 is 9.90 Å². The van der Waals surface area contributed by atoms with Crippen LogP contribution in [0.15, 0.2) is 39.7 Å². The number of aryl methyl sites for hydroxylation is 1. The third-order valence-electron chi connectivity index (χ3n) is 2.89. The Kier molecular flexibility index (Phi) is 3.85. The first-order chi connectivity index (χ1) is 10.1. The number of hydrogen-bond acceptors (Lipinski definition) is 6. The highest BCUT2D eigenvalue weighted by atomic mass is 32.2. The van der Waals surface area contributed by atoms with Crippen LogP contribution in [-0.2, 0) is 11.2 Å². The molecule has 1 N–H and O–H groups in total. The van der Waals surface area contributed by atoms with Gasteiger partial charge in [0, 0.05) is 15.2 Å². The second-order valence-corrected chi connectivity index (χ2v) is 6.76. The van der Waals surface area contributed by atoms with Crippen molar-refractivity contribution in [3.05, 3.63) is 41.0 Å². The van der Waals surface area contributed by atoms with Crippen molar-refractivity contribution in [2.75, 3.05) is 0 Å². The van der Waals surface area contributed by atoms with Crippen LogP contribution in [0.5, 0.6) is 0 Å². The largest absolute Gasteiger partial charge is 0.481 e. The predicted molar refractivity (Wildman–Crippen MR) is 81.9 cm³/mol. The molecule has 0 amide bonds. The Balaban J connectivity index is 1.94. The van der Waals surface area contributed by atoms with Crippen molar-refractivity contribution in [3.63, 3.8) is 0 Å². The summed E-state index contributed by atoms with van der Waals surface area (Å²) < 4.78 is 0.821. The normalized spacial score (nSPS) is 10.9. The van der Waals surface area contributed by atoms with Gasteiger partial charge in [0.05, 0.1) is 23.8 Å². The summed E-state index contributed by atoms with van der Waals surface area (Å²) in [4.78, 5) is 17.0. The van der Waals surface area contributed by atoms with E-state index in [0.29, 0.717) is 0 Å². The summed E-state index contributed by atoms with van der Waals surface area (Å²) >= 11 is 2.91. The van der Waals surface area contributed by atoms with Crippen molar-refractivity contribution in [1.82, 2.24) is 15.2 Å². The van der Waals surface area contributed by atoms with E-state index in [0.717, 1.165) is 30.7 Å². The molecule has 0 aliphatic carbocycles. The van der Waals surface area contributed by atoms with Crippen LogP contribution >= 0.6 is 23.1 Å². The molecule has 5 nitrogen and oxygen atoms in total. The van der Waals surface area contributed by atoms with Crippen LogP contribution in [0, 0.1) is 6.92 Å². The summed E-state index contributed by atoms with van der Waals surface area (Å²) in [7, 11) is 0. The first-order valence-corrected chi connectivity index (χ1v) is 7.83. The van der Waals surface area contributed by atoms with E-state index in [1.807, 2.05) is 31.2 Å². The number of nitrogens with zero attached hydrogens (tertiary/aromatic N) is 3. The monoisotopic (exact) mass is 317 g/mol. The van der Waals surface area contributed by atoms with Gasteiger partial charge in [-0.2, -0.15) is 10.2 Å². The molecule has 3 rings (SSSR count).